The third kappa shape index (κ3) is 4.99. The van der Waals surface area contributed by atoms with Crippen LogP contribution in [0.5, 0.6) is 5.75 Å². The average molecular weight is 422 g/mol. The molecule has 1 saturated carbocycles. The molecule has 3 heterocycles. The minimum atomic E-state index is -3.13. The predicted octanol–water partition coefficient (Wildman–Crippen LogP) is 1.46. The second kappa shape index (κ2) is 7.65. The third-order valence-corrected chi connectivity index (χ3v) is 7.48. The first-order chi connectivity index (χ1) is 13.6. The van der Waals surface area contributed by atoms with Crippen LogP contribution in [0.4, 0.5) is 0 Å². The van der Waals surface area contributed by atoms with Crippen molar-refractivity contribution >= 4 is 15.6 Å². The van der Waals surface area contributed by atoms with Gasteiger partial charge in [0.1, 0.15) is 5.75 Å². The van der Waals surface area contributed by atoms with Crippen molar-refractivity contribution in [2.45, 2.75) is 25.9 Å². The van der Waals surface area contributed by atoms with E-state index in [2.05, 4.69) is 9.88 Å². The largest absolute Gasteiger partial charge is 0.492 e. The van der Waals surface area contributed by atoms with Crippen molar-refractivity contribution in [1.82, 2.24) is 14.2 Å². The fourth-order valence-electron chi connectivity index (χ4n) is 4.69. The Labute approximate surface area is 173 Å². The fraction of sp³-hybridized carbons (Fsp3) is 0.667. The van der Waals surface area contributed by atoms with Crippen LogP contribution in [-0.2, 0) is 10.0 Å². The van der Waals surface area contributed by atoms with Crippen molar-refractivity contribution in [2.24, 2.45) is 17.8 Å². The summed E-state index contributed by atoms with van der Waals surface area (Å²) in [5.41, 5.74) is 1.34. The van der Waals surface area contributed by atoms with E-state index in [0.717, 1.165) is 43.3 Å². The van der Waals surface area contributed by atoms with E-state index >= 15 is 0 Å². The molecule has 1 saturated heterocycles. The Kier molecular flexibility index (Phi) is 5.48. The molecule has 8 heteroatoms. The van der Waals surface area contributed by atoms with Crippen LogP contribution in [0.1, 0.15) is 26.0 Å². The number of aliphatic hydroxyl groups is 1. The zero-order valence-electron chi connectivity index (χ0n) is 17.4. The molecule has 1 aromatic heterocycles. The van der Waals surface area contributed by atoms with Crippen LogP contribution >= 0.6 is 0 Å². The Morgan fingerprint density at radius 3 is 2.52 bits per heavy atom. The number of rotatable bonds is 7. The summed E-state index contributed by atoms with van der Waals surface area (Å²) in [4.78, 5) is 6.87. The maximum atomic E-state index is 11.6. The molecule has 0 amide bonds. The number of hydrogen-bond donors (Lipinski definition) is 1. The van der Waals surface area contributed by atoms with E-state index in [9.17, 15) is 13.5 Å². The molecule has 2 unspecified atom stereocenters. The molecule has 1 N–H and O–H groups in total. The zero-order chi connectivity index (χ0) is 20.8. The molecule has 0 radical (unpaired) electrons. The monoisotopic (exact) mass is 421 g/mol. The molecule has 2 atom stereocenters. The lowest BCUT2D eigenvalue weighted by Gasteiger charge is -2.27. The van der Waals surface area contributed by atoms with E-state index in [0.29, 0.717) is 37.3 Å². The van der Waals surface area contributed by atoms with Gasteiger partial charge in [-0.25, -0.2) is 8.42 Å². The molecular weight excluding hydrogens is 390 g/mol. The topological polar surface area (TPSA) is 83.0 Å². The lowest BCUT2D eigenvalue weighted by molar-refractivity contribution is 0.0381. The Bertz CT molecular complexity index is 864. The van der Waals surface area contributed by atoms with Gasteiger partial charge in [-0.3, -0.25) is 9.88 Å². The molecule has 1 aromatic rings. The summed E-state index contributed by atoms with van der Waals surface area (Å²) in [6.45, 7) is 8.19. The highest BCUT2D eigenvalue weighted by atomic mass is 32.2. The Morgan fingerprint density at radius 1 is 1.28 bits per heavy atom. The zero-order valence-corrected chi connectivity index (χ0v) is 18.2. The second-order valence-electron chi connectivity index (χ2n) is 9.29. The van der Waals surface area contributed by atoms with Crippen molar-refractivity contribution in [1.29, 1.82) is 0 Å². The van der Waals surface area contributed by atoms with Crippen LogP contribution in [0.25, 0.3) is 5.57 Å². The summed E-state index contributed by atoms with van der Waals surface area (Å²) in [7, 11) is -3.13. The van der Waals surface area contributed by atoms with E-state index in [1.165, 1.54) is 10.6 Å². The molecule has 0 bridgehead atoms. The minimum absolute atomic E-state index is 0.406. The van der Waals surface area contributed by atoms with Gasteiger partial charge in [0.15, 0.2) is 0 Å². The minimum Gasteiger partial charge on any atom is -0.492 e. The highest BCUT2D eigenvalue weighted by Gasteiger charge is 2.56. The number of fused-ring (bicyclic) bond motifs is 1. The molecule has 0 aromatic carbocycles. The van der Waals surface area contributed by atoms with E-state index < -0.39 is 15.6 Å². The molecule has 160 valence electrons. The highest BCUT2D eigenvalue weighted by Crippen LogP contribution is 2.51. The average Bonchev–Trinajstić information content (AvgIpc) is 3.10. The number of nitrogens with zero attached hydrogens (tertiary/aromatic N) is 3. The quantitative estimate of drug-likeness (QED) is 0.718. The summed E-state index contributed by atoms with van der Waals surface area (Å²) in [6, 6.07) is 3.90. The van der Waals surface area contributed by atoms with Crippen LogP contribution in [0.3, 0.4) is 0 Å². The van der Waals surface area contributed by atoms with Gasteiger partial charge in [0, 0.05) is 38.6 Å². The lowest BCUT2D eigenvalue weighted by atomic mass is 10.1. The normalized spacial score (nSPS) is 28.1. The van der Waals surface area contributed by atoms with Gasteiger partial charge in [0.05, 0.1) is 30.4 Å². The summed E-state index contributed by atoms with van der Waals surface area (Å²) in [6.07, 6.45) is 5.62. The first kappa shape index (κ1) is 20.8. The van der Waals surface area contributed by atoms with Crippen molar-refractivity contribution in [3.8, 4) is 5.75 Å². The first-order valence-corrected chi connectivity index (χ1v) is 12.1. The molecule has 3 aliphatic rings. The van der Waals surface area contributed by atoms with Crippen LogP contribution in [-0.4, -0.2) is 78.9 Å². The van der Waals surface area contributed by atoms with Gasteiger partial charge in [-0.2, -0.15) is 4.31 Å². The lowest BCUT2D eigenvalue weighted by Crippen LogP contribution is -2.39. The Hall–Kier alpha value is -1.48. The number of aromatic nitrogens is 1. The number of sulfonamides is 1. The number of piperidine rings is 1. The van der Waals surface area contributed by atoms with Crippen LogP contribution in [0, 0.1) is 17.8 Å². The van der Waals surface area contributed by atoms with E-state index in [-0.39, 0.29) is 0 Å². The van der Waals surface area contributed by atoms with Gasteiger partial charge in [0.25, 0.3) is 0 Å². The Balaban J connectivity index is 1.24. The number of likely N-dealkylation sites (tertiary alicyclic amines) is 1. The molecule has 1 aliphatic carbocycles. The van der Waals surface area contributed by atoms with Gasteiger partial charge >= 0.3 is 0 Å². The van der Waals surface area contributed by atoms with E-state index in [4.69, 9.17) is 4.74 Å². The number of ether oxygens (including phenoxy) is 1. The van der Waals surface area contributed by atoms with Crippen molar-refractivity contribution < 1.29 is 18.3 Å². The number of β-amino-alcohol motifs (C(OH)–C–C–N with tert-alkyl or cyclic N) is 1. The molecular formula is C21H31N3O4S. The highest BCUT2D eigenvalue weighted by molar-refractivity contribution is 7.88. The fourth-order valence-corrected chi connectivity index (χ4v) is 5.46. The molecule has 29 heavy (non-hydrogen) atoms. The standard InChI is InChI=1S/C21H31N3O4S/c1-21(2,25)14-23-11-17-18(12-23)19(17)13-28-16-4-5-20(22-10-16)15-6-8-24(9-7-15)29(3,26)27/h4-6,10,17-19,25H,7-9,11-14H2,1-3H3. The maximum Gasteiger partial charge on any atom is 0.211 e. The van der Waals surface area contributed by atoms with Crippen molar-refractivity contribution in [2.75, 3.05) is 45.6 Å². The van der Waals surface area contributed by atoms with Crippen LogP contribution < -0.4 is 4.74 Å². The van der Waals surface area contributed by atoms with Gasteiger partial charge < -0.3 is 9.84 Å². The summed E-state index contributed by atoms with van der Waals surface area (Å²) >= 11 is 0. The molecule has 2 aliphatic heterocycles. The molecule has 4 rings (SSSR count). The molecule has 2 fully saturated rings. The predicted molar refractivity (Wildman–Crippen MR) is 112 cm³/mol. The summed E-state index contributed by atoms with van der Waals surface area (Å²) in [5, 5.41) is 9.96. The summed E-state index contributed by atoms with van der Waals surface area (Å²) < 4.78 is 30.7. The Morgan fingerprint density at radius 2 is 2.00 bits per heavy atom. The third-order valence-electron chi connectivity index (χ3n) is 6.21. The van der Waals surface area contributed by atoms with Crippen molar-refractivity contribution in [3.63, 3.8) is 0 Å². The summed E-state index contributed by atoms with van der Waals surface area (Å²) in [5.74, 6) is 2.77. The van der Waals surface area contributed by atoms with Gasteiger partial charge in [-0.1, -0.05) is 6.08 Å². The number of hydrogen-bond acceptors (Lipinski definition) is 6. The second-order valence-corrected chi connectivity index (χ2v) is 11.3. The van der Waals surface area contributed by atoms with Crippen LogP contribution in [0.15, 0.2) is 24.4 Å². The van der Waals surface area contributed by atoms with E-state index in [1.54, 1.807) is 6.20 Å². The van der Waals surface area contributed by atoms with Gasteiger partial charge in [-0.15, -0.1) is 0 Å². The first-order valence-electron chi connectivity index (χ1n) is 10.3. The number of pyridine rings is 1. The maximum absolute atomic E-state index is 11.6. The van der Waals surface area contributed by atoms with Gasteiger partial charge in [0.2, 0.25) is 10.0 Å². The smallest absolute Gasteiger partial charge is 0.211 e. The molecule has 0 spiro atoms. The van der Waals surface area contributed by atoms with Gasteiger partial charge in [-0.05, 0) is 49.8 Å². The molecule has 7 nitrogen and oxygen atoms in total. The SMILES string of the molecule is CC(C)(O)CN1CC2C(COc3ccc(C4=CCN(S(C)(=O)=O)CC4)nc3)C2C1. The van der Waals surface area contributed by atoms with Crippen molar-refractivity contribution in [3.05, 3.63) is 30.1 Å². The van der Waals surface area contributed by atoms with E-state index in [1.807, 2.05) is 32.1 Å². The van der Waals surface area contributed by atoms with Crippen LogP contribution in [0.2, 0.25) is 0 Å².